The van der Waals surface area contributed by atoms with Crippen LogP contribution in [0.1, 0.15) is 12.0 Å². The first-order chi connectivity index (χ1) is 11.6. The second-order valence-corrected chi connectivity index (χ2v) is 5.31. The normalized spacial score (nSPS) is 12.8. The average molecular weight is 327 g/mol. The Balaban J connectivity index is 1.55. The van der Waals surface area contributed by atoms with Crippen LogP contribution in [0.2, 0.25) is 0 Å². The third-order valence-corrected chi connectivity index (χ3v) is 3.62. The van der Waals surface area contributed by atoms with Gasteiger partial charge in [0.1, 0.15) is 17.2 Å². The first-order valence-corrected chi connectivity index (χ1v) is 7.54. The zero-order valence-electron chi connectivity index (χ0n) is 13.2. The molecule has 0 spiro atoms. The molecule has 1 N–H and O–H groups in total. The number of ether oxygens (including phenoxy) is 3. The topological polar surface area (TPSA) is 73.9 Å². The highest BCUT2D eigenvalue weighted by Crippen LogP contribution is 2.27. The van der Waals surface area contributed by atoms with Gasteiger partial charge in [-0.25, -0.2) is 4.79 Å². The van der Waals surface area contributed by atoms with E-state index in [1.165, 1.54) is 0 Å². The van der Waals surface area contributed by atoms with Crippen molar-refractivity contribution in [2.45, 2.75) is 12.8 Å². The van der Waals surface area contributed by atoms with E-state index in [0.717, 1.165) is 11.3 Å². The molecule has 6 heteroatoms. The lowest BCUT2D eigenvalue weighted by atomic mass is 10.0. The highest BCUT2D eigenvalue weighted by Gasteiger charge is 2.16. The summed E-state index contributed by atoms with van der Waals surface area (Å²) in [5, 5.41) is 2.78. The number of esters is 1. The van der Waals surface area contributed by atoms with Gasteiger partial charge in [0.05, 0.1) is 7.11 Å². The number of fused-ring (bicyclic) bond motifs is 1. The number of hydrogen-bond donors (Lipinski definition) is 1. The first-order valence-electron chi connectivity index (χ1n) is 7.54. The summed E-state index contributed by atoms with van der Waals surface area (Å²) in [7, 11) is 1.58. The van der Waals surface area contributed by atoms with Crippen molar-refractivity contribution >= 4 is 17.6 Å². The van der Waals surface area contributed by atoms with E-state index in [2.05, 4.69) is 5.32 Å². The molecule has 0 bridgehead atoms. The fraction of sp³-hybridized carbons (Fsp3) is 0.222. The largest absolute Gasteiger partial charge is 0.497 e. The number of anilines is 1. The van der Waals surface area contributed by atoms with Crippen LogP contribution in [-0.2, 0) is 16.0 Å². The van der Waals surface area contributed by atoms with E-state index in [-0.39, 0.29) is 12.5 Å². The van der Waals surface area contributed by atoms with E-state index in [4.69, 9.17) is 14.2 Å². The molecule has 1 amide bonds. The van der Waals surface area contributed by atoms with Gasteiger partial charge in [-0.2, -0.15) is 0 Å². The Labute approximate surface area is 139 Å². The van der Waals surface area contributed by atoms with Gasteiger partial charge in [0.25, 0.3) is 0 Å². The summed E-state index contributed by atoms with van der Waals surface area (Å²) >= 11 is 0. The van der Waals surface area contributed by atoms with Gasteiger partial charge >= 0.3 is 5.97 Å². The van der Waals surface area contributed by atoms with E-state index in [1.54, 1.807) is 49.6 Å². The summed E-state index contributed by atoms with van der Waals surface area (Å²) in [6.45, 7) is -0.194. The number of methoxy groups -OCH3 is 1. The lowest BCUT2D eigenvalue weighted by Crippen LogP contribution is -2.20. The van der Waals surface area contributed by atoms with Gasteiger partial charge in [0.2, 0.25) is 5.91 Å². The zero-order chi connectivity index (χ0) is 16.9. The Bertz CT molecular complexity index is 755. The summed E-state index contributed by atoms with van der Waals surface area (Å²) in [4.78, 5) is 23.2. The van der Waals surface area contributed by atoms with Gasteiger partial charge in [-0.3, -0.25) is 4.79 Å². The summed E-state index contributed by atoms with van der Waals surface area (Å²) in [6.07, 6.45) is 1.07. The molecule has 6 nitrogen and oxygen atoms in total. The second kappa shape index (κ2) is 7.04. The molecule has 0 atom stereocenters. The average Bonchev–Trinajstić information content (AvgIpc) is 2.60. The lowest BCUT2D eigenvalue weighted by Gasteiger charge is -2.17. The number of amides is 1. The SMILES string of the molecule is COc1ccc(OCC(=O)Oc2ccc3c(c2)CCC(=O)N3)cc1. The third-order valence-electron chi connectivity index (χ3n) is 3.62. The number of carbonyl (C=O) groups is 2. The smallest absolute Gasteiger partial charge is 0.349 e. The number of hydrogen-bond acceptors (Lipinski definition) is 5. The van der Waals surface area contributed by atoms with E-state index >= 15 is 0 Å². The summed E-state index contributed by atoms with van der Waals surface area (Å²) in [6, 6.07) is 12.1. The van der Waals surface area contributed by atoms with Crippen molar-refractivity contribution in [3.05, 3.63) is 48.0 Å². The molecule has 0 unspecified atom stereocenters. The van der Waals surface area contributed by atoms with Gasteiger partial charge in [0, 0.05) is 12.1 Å². The van der Waals surface area contributed by atoms with Crippen molar-refractivity contribution in [3.63, 3.8) is 0 Å². The van der Waals surface area contributed by atoms with Crippen molar-refractivity contribution in [3.8, 4) is 17.2 Å². The van der Waals surface area contributed by atoms with Crippen LogP contribution in [0, 0.1) is 0 Å². The molecule has 24 heavy (non-hydrogen) atoms. The van der Waals surface area contributed by atoms with Gasteiger partial charge in [-0.1, -0.05) is 0 Å². The molecule has 3 rings (SSSR count). The van der Waals surface area contributed by atoms with Crippen LogP contribution in [0.25, 0.3) is 0 Å². The molecular weight excluding hydrogens is 310 g/mol. The fourth-order valence-corrected chi connectivity index (χ4v) is 2.40. The standard InChI is InChI=1S/C18H17NO5/c1-22-13-3-5-14(6-4-13)23-11-18(21)24-15-7-8-16-12(10-15)2-9-17(20)19-16/h3-8,10H,2,9,11H2,1H3,(H,19,20). The monoisotopic (exact) mass is 327 g/mol. The Morgan fingerprint density at radius 1 is 1.04 bits per heavy atom. The highest BCUT2D eigenvalue weighted by atomic mass is 16.6. The van der Waals surface area contributed by atoms with E-state index in [1.807, 2.05) is 0 Å². The number of carbonyl (C=O) groups excluding carboxylic acids is 2. The molecule has 1 heterocycles. The molecule has 0 fully saturated rings. The maximum absolute atomic E-state index is 11.9. The number of benzene rings is 2. The molecule has 124 valence electrons. The highest BCUT2D eigenvalue weighted by molar-refractivity contribution is 5.94. The number of rotatable bonds is 5. The van der Waals surface area contributed by atoms with Gasteiger partial charge < -0.3 is 19.5 Å². The van der Waals surface area contributed by atoms with Crippen molar-refractivity contribution in [2.24, 2.45) is 0 Å². The summed E-state index contributed by atoms with van der Waals surface area (Å²) in [5.74, 6) is 1.21. The van der Waals surface area contributed by atoms with Crippen molar-refractivity contribution in [1.82, 2.24) is 0 Å². The minimum atomic E-state index is -0.495. The quantitative estimate of drug-likeness (QED) is 0.675. The van der Waals surface area contributed by atoms with Crippen LogP contribution < -0.4 is 19.5 Å². The maximum atomic E-state index is 11.9. The molecule has 0 aliphatic carbocycles. The predicted molar refractivity (Wildman–Crippen MR) is 87.5 cm³/mol. The van der Waals surface area contributed by atoms with E-state index in [0.29, 0.717) is 30.1 Å². The Hall–Kier alpha value is -3.02. The van der Waals surface area contributed by atoms with E-state index in [9.17, 15) is 9.59 Å². The van der Waals surface area contributed by atoms with Crippen LogP contribution >= 0.6 is 0 Å². The van der Waals surface area contributed by atoms with Crippen molar-refractivity contribution in [1.29, 1.82) is 0 Å². The van der Waals surface area contributed by atoms with Crippen molar-refractivity contribution < 1.29 is 23.8 Å². The van der Waals surface area contributed by atoms with Crippen LogP contribution in [-0.4, -0.2) is 25.6 Å². The minimum Gasteiger partial charge on any atom is -0.497 e. The molecule has 0 aromatic heterocycles. The van der Waals surface area contributed by atoms with Crippen LogP contribution in [0.3, 0.4) is 0 Å². The number of aryl methyl sites for hydroxylation is 1. The molecule has 1 aliphatic heterocycles. The molecule has 0 saturated heterocycles. The lowest BCUT2D eigenvalue weighted by molar-refractivity contribution is -0.136. The van der Waals surface area contributed by atoms with Crippen LogP contribution in [0.15, 0.2) is 42.5 Å². The fourth-order valence-electron chi connectivity index (χ4n) is 2.40. The Morgan fingerprint density at radius 3 is 2.50 bits per heavy atom. The maximum Gasteiger partial charge on any atom is 0.349 e. The molecule has 2 aromatic carbocycles. The predicted octanol–water partition coefficient (Wildman–Crippen LogP) is 2.56. The molecule has 1 aliphatic rings. The number of nitrogens with one attached hydrogen (secondary N) is 1. The summed E-state index contributed by atoms with van der Waals surface area (Å²) < 4.78 is 15.7. The van der Waals surface area contributed by atoms with Gasteiger partial charge in [0.15, 0.2) is 6.61 Å². The van der Waals surface area contributed by atoms with Gasteiger partial charge in [-0.05, 0) is 54.4 Å². The third kappa shape index (κ3) is 3.84. The summed E-state index contributed by atoms with van der Waals surface area (Å²) in [5.41, 5.74) is 1.72. The molecule has 2 aromatic rings. The Morgan fingerprint density at radius 2 is 1.75 bits per heavy atom. The van der Waals surface area contributed by atoms with Gasteiger partial charge in [-0.15, -0.1) is 0 Å². The first kappa shape index (κ1) is 15.9. The zero-order valence-corrected chi connectivity index (χ0v) is 13.2. The Kier molecular flexibility index (Phi) is 4.65. The van der Waals surface area contributed by atoms with Crippen LogP contribution in [0.4, 0.5) is 5.69 Å². The minimum absolute atomic E-state index is 0.000126. The van der Waals surface area contributed by atoms with Crippen molar-refractivity contribution in [2.75, 3.05) is 19.0 Å². The second-order valence-electron chi connectivity index (χ2n) is 5.31. The van der Waals surface area contributed by atoms with E-state index < -0.39 is 5.97 Å². The molecular formula is C18H17NO5. The molecule has 0 saturated carbocycles. The molecule has 0 radical (unpaired) electrons. The van der Waals surface area contributed by atoms with Crippen LogP contribution in [0.5, 0.6) is 17.2 Å².